The molecule has 0 spiro atoms. The van der Waals surface area contributed by atoms with Gasteiger partial charge in [0.25, 0.3) is 0 Å². The van der Waals surface area contributed by atoms with Crippen molar-refractivity contribution >= 4 is 17.9 Å². The predicted octanol–water partition coefficient (Wildman–Crippen LogP) is 13.2. The van der Waals surface area contributed by atoms with Gasteiger partial charge in [-0.2, -0.15) is 0 Å². The van der Waals surface area contributed by atoms with Crippen molar-refractivity contribution in [2.24, 2.45) is 0 Å². The lowest BCUT2D eigenvalue weighted by atomic mass is 10.1. The van der Waals surface area contributed by atoms with Crippen LogP contribution in [0, 0.1) is 0 Å². The minimum atomic E-state index is -0.898. The Hall–Kier alpha value is -4.53. The van der Waals surface area contributed by atoms with Crippen LogP contribution in [0.15, 0.2) is 134 Å². The van der Waals surface area contributed by atoms with Gasteiger partial charge >= 0.3 is 17.9 Å². The second-order valence-corrected chi connectivity index (χ2v) is 15.9. The van der Waals surface area contributed by atoms with Crippen LogP contribution >= 0.6 is 0 Å². The highest BCUT2D eigenvalue weighted by molar-refractivity contribution is 5.72. The average Bonchev–Trinajstić information content (AvgIpc) is 3.23. The van der Waals surface area contributed by atoms with E-state index in [0.29, 0.717) is 19.3 Å². The molecule has 1 N–H and O–H groups in total. The molecule has 0 saturated carbocycles. The summed E-state index contributed by atoms with van der Waals surface area (Å²) in [5, 5.41) is 9.63. The van der Waals surface area contributed by atoms with E-state index in [4.69, 9.17) is 14.2 Å². The highest BCUT2D eigenvalue weighted by atomic mass is 16.6. The number of unbranched alkanes of at least 4 members (excludes halogenated alkanes) is 3. The fourth-order valence-corrected chi connectivity index (χ4v) is 5.79. The molecule has 0 aliphatic carbocycles. The lowest BCUT2D eigenvalue weighted by Gasteiger charge is -2.31. The summed E-state index contributed by atoms with van der Waals surface area (Å²) in [6, 6.07) is -0.642. The zero-order valence-corrected chi connectivity index (χ0v) is 39.3. The maximum atomic E-state index is 12.7. The van der Waals surface area contributed by atoms with E-state index >= 15 is 0 Å². The molecule has 346 valence electrons. The number of hydrogen-bond donors (Lipinski definition) is 1. The second kappa shape index (κ2) is 43.1. The van der Waals surface area contributed by atoms with E-state index in [9.17, 15) is 19.5 Å². The number of carbonyl (C=O) groups is 3. The molecule has 0 heterocycles. The number of likely N-dealkylation sites (N-methyl/N-ethyl adjacent to an activating group) is 1. The molecule has 2 atom stereocenters. The maximum absolute atomic E-state index is 12.7. The molecule has 8 heteroatoms. The third-order valence-corrected chi connectivity index (χ3v) is 9.31. The quantitative estimate of drug-likeness (QED) is 0.0284. The van der Waals surface area contributed by atoms with Crippen LogP contribution in [0.1, 0.15) is 136 Å². The summed E-state index contributed by atoms with van der Waals surface area (Å²) >= 11 is 0. The molecular formula is C54H84NO7+. The SMILES string of the molecule is CC/C=C/C/C=C/C/C=C/C/C=C/C/C=C/C/C=C/CCC(=O)OC(COCCC(C(=O)O)[N+](C)(C)C)COC(=O)CCCCC/C=C/C/C=C/C/C=C/C/C=C/C/C=C/CC. The lowest BCUT2D eigenvalue weighted by Crippen LogP contribution is -2.50. The predicted molar refractivity (Wildman–Crippen MR) is 261 cm³/mol. The van der Waals surface area contributed by atoms with Crippen LogP contribution in [-0.4, -0.2) is 80.6 Å². The van der Waals surface area contributed by atoms with Gasteiger partial charge in [0.1, 0.15) is 6.61 Å². The van der Waals surface area contributed by atoms with Gasteiger partial charge in [0, 0.05) is 19.3 Å². The van der Waals surface area contributed by atoms with E-state index in [-0.39, 0.29) is 36.7 Å². The van der Waals surface area contributed by atoms with Gasteiger partial charge in [-0.05, 0) is 96.3 Å². The summed E-state index contributed by atoms with van der Waals surface area (Å²) in [6.07, 6.45) is 62.3. The summed E-state index contributed by atoms with van der Waals surface area (Å²) in [5.74, 6) is -1.64. The summed E-state index contributed by atoms with van der Waals surface area (Å²) in [7, 11) is 5.47. The third kappa shape index (κ3) is 40.9. The van der Waals surface area contributed by atoms with E-state index in [1.165, 1.54) is 0 Å². The van der Waals surface area contributed by atoms with Crippen molar-refractivity contribution in [2.75, 3.05) is 41.0 Å². The number of carbonyl (C=O) groups excluding carboxylic acids is 2. The van der Waals surface area contributed by atoms with Crippen molar-refractivity contribution < 1.29 is 38.2 Å². The van der Waals surface area contributed by atoms with Crippen LogP contribution < -0.4 is 0 Å². The van der Waals surface area contributed by atoms with Gasteiger partial charge in [0.2, 0.25) is 0 Å². The molecule has 0 saturated heterocycles. The Balaban J connectivity index is 4.54. The Morgan fingerprint density at radius 3 is 1.29 bits per heavy atom. The van der Waals surface area contributed by atoms with E-state index in [1.54, 1.807) is 0 Å². The normalized spacial score (nSPS) is 14.1. The fourth-order valence-electron chi connectivity index (χ4n) is 5.79. The van der Waals surface area contributed by atoms with Crippen LogP contribution in [0.3, 0.4) is 0 Å². The first-order chi connectivity index (χ1) is 30.1. The summed E-state index contributed by atoms with van der Waals surface area (Å²) in [6.45, 7) is 4.36. The number of allylic oxidation sites excluding steroid dienone is 22. The van der Waals surface area contributed by atoms with E-state index in [1.807, 2.05) is 33.3 Å². The molecule has 2 unspecified atom stereocenters. The molecule has 0 aromatic rings. The average molecular weight is 859 g/mol. The first-order valence-electron chi connectivity index (χ1n) is 23.2. The molecule has 0 fully saturated rings. The van der Waals surface area contributed by atoms with Crippen LogP contribution in [0.2, 0.25) is 0 Å². The van der Waals surface area contributed by atoms with Crippen molar-refractivity contribution in [3.8, 4) is 0 Å². The van der Waals surface area contributed by atoms with Crippen molar-refractivity contribution in [1.29, 1.82) is 0 Å². The molecule has 0 bridgehead atoms. The Kier molecular flexibility index (Phi) is 40.0. The van der Waals surface area contributed by atoms with E-state index < -0.39 is 24.1 Å². The maximum Gasteiger partial charge on any atom is 0.362 e. The van der Waals surface area contributed by atoms with Gasteiger partial charge in [-0.25, -0.2) is 4.79 Å². The second-order valence-electron chi connectivity index (χ2n) is 15.9. The summed E-state index contributed by atoms with van der Waals surface area (Å²) < 4.78 is 17.2. The number of hydrogen-bond acceptors (Lipinski definition) is 6. The molecule has 8 nitrogen and oxygen atoms in total. The molecule has 0 aliphatic rings. The minimum absolute atomic E-state index is 0.00958. The Bertz CT molecular complexity index is 1470. The van der Waals surface area contributed by atoms with Gasteiger partial charge in [0.15, 0.2) is 12.1 Å². The molecule has 62 heavy (non-hydrogen) atoms. The highest BCUT2D eigenvalue weighted by Crippen LogP contribution is 2.11. The van der Waals surface area contributed by atoms with Crippen LogP contribution in [0.25, 0.3) is 0 Å². The topological polar surface area (TPSA) is 99.1 Å². The molecule has 0 rings (SSSR count). The van der Waals surface area contributed by atoms with Crippen molar-refractivity contribution in [3.05, 3.63) is 134 Å². The Morgan fingerprint density at radius 1 is 0.484 bits per heavy atom. The zero-order chi connectivity index (χ0) is 45.6. The number of carboxylic acid groups (broad SMARTS) is 1. The molecule has 0 aromatic carbocycles. The first-order valence-corrected chi connectivity index (χ1v) is 23.2. The zero-order valence-electron chi connectivity index (χ0n) is 39.3. The highest BCUT2D eigenvalue weighted by Gasteiger charge is 2.31. The van der Waals surface area contributed by atoms with Crippen molar-refractivity contribution in [3.63, 3.8) is 0 Å². The van der Waals surface area contributed by atoms with E-state index in [2.05, 4.69) is 135 Å². The fraction of sp³-hybridized carbons (Fsp3) is 0.537. The van der Waals surface area contributed by atoms with Gasteiger partial charge in [0.05, 0.1) is 34.4 Å². The van der Waals surface area contributed by atoms with Crippen molar-refractivity contribution in [1.82, 2.24) is 0 Å². The van der Waals surface area contributed by atoms with Gasteiger partial charge in [-0.1, -0.05) is 154 Å². The number of ether oxygens (including phenoxy) is 3. The summed E-state index contributed by atoms with van der Waals surface area (Å²) in [5.41, 5.74) is 0. The van der Waals surface area contributed by atoms with Crippen LogP contribution in [0.4, 0.5) is 0 Å². The number of quaternary nitrogens is 1. The minimum Gasteiger partial charge on any atom is -0.477 e. The number of carboxylic acids is 1. The van der Waals surface area contributed by atoms with Gasteiger partial charge < -0.3 is 23.8 Å². The smallest absolute Gasteiger partial charge is 0.362 e. The Labute approximate surface area is 377 Å². The molecule has 0 aliphatic heterocycles. The standard InChI is InChI=1S/C54H83NO7/c1-6-8-10-12-14-16-18-20-22-24-26-28-30-32-34-36-38-40-42-44-52(56)61-49-50(48-60-47-46-51(54(58)59)55(3,4)5)62-53(57)45-43-41-39-37-35-33-31-29-27-25-23-21-19-17-15-13-11-9-7-2/h8-11,14-17,20-23,26-29,32-35,39,41,50-51H,6-7,12-13,18-19,24-25,30-31,36-38,40,42-49H2,1-5H3/p+1/b10-8+,11-9+,16-14+,17-15+,22-20+,23-21+,28-26+,29-27+,34-32+,35-33+,41-39+. The molecule has 0 amide bonds. The number of nitrogens with zero attached hydrogens (tertiary/aromatic N) is 1. The monoisotopic (exact) mass is 859 g/mol. The third-order valence-electron chi connectivity index (χ3n) is 9.31. The first kappa shape index (κ1) is 57.5. The van der Waals surface area contributed by atoms with Crippen LogP contribution in [-0.2, 0) is 28.6 Å². The van der Waals surface area contributed by atoms with Crippen LogP contribution in [0.5, 0.6) is 0 Å². The molecule has 0 radical (unpaired) electrons. The number of aliphatic carboxylic acids is 1. The van der Waals surface area contributed by atoms with Crippen molar-refractivity contribution in [2.45, 2.75) is 148 Å². The van der Waals surface area contributed by atoms with Gasteiger partial charge in [-0.15, -0.1) is 0 Å². The molecular weight excluding hydrogens is 775 g/mol. The number of rotatable bonds is 39. The lowest BCUT2D eigenvalue weighted by molar-refractivity contribution is -0.887. The van der Waals surface area contributed by atoms with E-state index in [0.717, 1.165) is 96.3 Å². The largest absolute Gasteiger partial charge is 0.477 e. The number of esters is 2. The van der Waals surface area contributed by atoms with Gasteiger partial charge in [-0.3, -0.25) is 9.59 Å². The molecule has 0 aromatic heterocycles. The summed E-state index contributed by atoms with van der Waals surface area (Å²) in [4.78, 5) is 37.0. The Morgan fingerprint density at radius 2 is 0.887 bits per heavy atom.